The molecule has 598 valence electrons. The maximum Gasteiger partial charge on any atom is 0.498 e. The van der Waals surface area contributed by atoms with Crippen LogP contribution in [0.4, 0.5) is 4.79 Å². The lowest BCUT2D eigenvalue weighted by Crippen LogP contribution is -2.41. The Kier molecular flexibility index (Phi) is 30.5. The normalized spacial score (nSPS) is 12.2. The molecule has 1 saturated heterocycles. The van der Waals surface area contributed by atoms with Crippen molar-refractivity contribution in [1.29, 1.82) is 15.8 Å². The summed E-state index contributed by atoms with van der Waals surface area (Å²) in [6, 6.07) is 40.6. The van der Waals surface area contributed by atoms with Crippen molar-refractivity contribution in [2.45, 2.75) is 126 Å². The van der Waals surface area contributed by atoms with Gasteiger partial charge in [0.1, 0.15) is 75.0 Å². The highest BCUT2D eigenvalue weighted by Gasteiger charge is 2.52. The number of ether oxygens (including phenoxy) is 4. The van der Waals surface area contributed by atoms with E-state index in [1.807, 2.05) is 100 Å². The summed E-state index contributed by atoms with van der Waals surface area (Å²) >= 11 is 25.2. The van der Waals surface area contributed by atoms with Crippen molar-refractivity contribution in [3.63, 3.8) is 0 Å². The molecule has 1 fully saturated rings. The van der Waals surface area contributed by atoms with E-state index in [-0.39, 0.29) is 68.0 Å². The van der Waals surface area contributed by atoms with Crippen LogP contribution in [-0.2, 0) is 33.7 Å². The zero-order chi connectivity index (χ0) is 85.3. The van der Waals surface area contributed by atoms with E-state index in [1.165, 1.54) is 30.3 Å². The smallest absolute Gasteiger partial charge is 0.478 e. The molecular weight excluding hydrogens is 1680 g/mol. The number of pyridine rings is 3. The van der Waals surface area contributed by atoms with Crippen LogP contribution in [0.1, 0.15) is 147 Å². The molecule has 27 nitrogen and oxygen atoms in total. The number of carbonyl (C=O) groups excluding carboxylic acids is 3. The molecule has 5 aromatic heterocycles. The average molecular weight is 1760 g/mol. The van der Waals surface area contributed by atoms with E-state index in [0.29, 0.717) is 99.8 Å². The van der Waals surface area contributed by atoms with E-state index in [1.54, 1.807) is 117 Å². The number of benzene rings is 6. The second-order valence-electron chi connectivity index (χ2n) is 28.0. The summed E-state index contributed by atoms with van der Waals surface area (Å²) in [6.07, 6.45) is 5.92. The van der Waals surface area contributed by atoms with Crippen LogP contribution in [0, 0.1) is 75.5 Å². The highest BCUT2D eigenvalue weighted by molar-refractivity contribution is 9.10. The van der Waals surface area contributed by atoms with E-state index in [9.17, 15) is 44.1 Å². The fourth-order valence-corrected chi connectivity index (χ4v) is 12.5. The number of hydrogen-bond donors (Lipinski definition) is 8. The Hall–Kier alpha value is -11.9. The number of amides is 2. The number of H-pyrrole nitrogens is 4. The number of aromatic carboxylic acids is 1. The summed E-state index contributed by atoms with van der Waals surface area (Å²) in [5, 5.41) is 53.7. The molecule has 1 aliphatic rings. The number of aryl methyl sites for hydroxylation is 6. The van der Waals surface area contributed by atoms with E-state index >= 15 is 0 Å². The number of halogens is 5. The van der Waals surface area contributed by atoms with Crippen LogP contribution in [0.5, 0.6) is 34.5 Å². The third-order valence-electron chi connectivity index (χ3n) is 17.6. The average Bonchev–Trinajstić information content (AvgIpc) is 1.62. The maximum atomic E-state index is 12.6. The molecule has 6 aromatic carbocycles. The lowest BCUT2D eigenvalue weighted by Gasteiger charge is -2.32. The van der Waals surface area contributed by atoms with E-state index < -0.39 is 36.0 Å². The van der Waals surface area contributed by atoms with Crippen molar-refractivity contribution in [1.82, 2.24) is 45.6 Å². The second kappa shape index (κ2) is 39.4. The number of aromatic amines is 4. The quantitative estimate of drug-likeness (QED) is 0.0417. The van der Waals surface area contributed by atoms with Gasteiger partial charge in [-0.25, -0.2) is 9.59 Å². The van der Waals surface area contributed by atoms with E-state index in [4.69, 9.17) is 79.2 Å². The van der Waals surface area contributed by atoms with Crippen LogP contribution in [0.25, 0.3) is 11.1 Å². The van der Waals surface area contributed by atoms with Crippen LogP contribution in [0.3, 0.4) is 0 Å². The highest BCUT2D eigenvalue weighted by atomic mass is 79.9. The molecule has 11 aromatic rings. The number of carbonyl (C=O) groups is 4. The van der Waals surface area contributed by atoms with Gasteiger partial charge in [0.2, 0.25) is 0 Å². The standard InChI is InChI=1S/C25H20ClN5O3.C22H17BrClN3O3.C14H23BN2O4.C14H7BrClNO3.C8H12N2O/c1-14-8-15(2)31-25(33)20(14)13-28-24(32)16-6-7-23(21(26)9-16)34-22-5-3-4-18(19(22)10-27)17-11-29-30-12-17;1-12-8-13(2)27-22(29)16(12)11-26-21(28)14-6-7-20(18(24)9-14)30-19-5-3-4-17(23)15(19)10-25;1-12(2,3)19-11(18)17-9-10(8-16-17)15-20-13(4,5)14(6,7)21-15;15-10-2-1-3-12(9(10)7-17)20-13-5-4-8(14(18)19)6-11(13)16;1-5-3-6(2)10-8(11)7(5)4-9/h3-9,11-12H,13H2,1-2H3,(H,28,32)(H,29,30)(H,31,33);3-9H,11H2,1-2H3,(H,26,28)(H,27,29);8-9H,1-7H3;1-6H,(H,18,19);3H,4,9H2,1-2H3,(H,10,11). The van der Waals surface area contributed by atoms with Crippen LogP contribution >= 0.6 is 66.7 Å². The summed E-state index contributed by atoms with van der Waals surface area (Å²) < 4.78 is 36.7. The van der Waals surface area contributed by atoms with Gasteiger partial charge in [0.05, 0.1) is 38.0 Å². The fraction of sp³-hybridized carbons (Fsp3) is 0.229. The van der Waals surface area contributed by atoms with Crippen LogP contribution < -0.4 is 52.7 Å². The molecular formula is C83H79BBr2Cl3N13O14. The fourth-order valence-electron chi connectivity index (χ4n) is 11.0. The van der Waals surface area contributed by atoms with Gasteiger partial charge in [-0.2, -0.15) is 30.7 Å². The number of nitrogens with one attached hydrogen (secondary N) is 6. The minimum Gasteiger partial charge on any atom is -0.478 e. The maximum absolute atomic E-state index is 12.6. The molecule has 12 rings (SSSR count). The highest BCUT2D eigenvalue weighted by Crippen LogP contribution is 2.40. The zero-order valence-electron chi connectivity index (χ0n) is 65.0. The molecule has 0 bridgehead atoms. The Morgan fingerprint density at radius 1 is 0.578 bits per heavy atom. The molecule has 0 spiro atoms. The zero-order valence-corrected chi connectivity index (χ0v) is 70.5. The molecule has 33 heteroatoms. The van der Waals surface area contributed by atoms with Gasteiger partial charge in [-0.15, -0.1) is 0 Å². The molecule has 6 heterocycles. The van der Waals surface area contributed by atoms with Crippen molar-refractivity contribution < 1.29 is 52.5 Å². The first-order chi connectivity index (χ1) is 54.7. The summed E-state index contributed by atoms with van der Waals surface area (Å²) in [4.78, 5) is 91.5. The van der Waals surface area contributed by atoms with Crippen molar-refractivity contribution >= 4 is 103 Å². The Morgan fingerprint density at radius 2 is 0.974 bits per heavy atom. The molecule has 1 aliphatic heterocycles. The SMILES string of the molecule is CC(C)(C)OC(=O)n1cc(B2OC(C)(C)C(C)(C)O2)cn1.Cc1cc(C)c(CN)c(=O)[nH]1.Cc1cc(C)c(CNC(=O)c2ccc(Oc3cccc(-c4cn[nH]c4)c3C#N)c(Cl)c2)c(=O)[nH]1.Cc1cc(C)c(CNC(=O)c2ccc(Oc3cccc(Br)c3C#N)c(Cl)c2)c(=O)[nH]1.N#Cc1c(Br)cccc1Oc1ccc(C(=O)O)cc1Cl. The third kappa shape index (κ3) is 23.4. The van der Waals surface area contributed by atoms with Gasteiger partial charge in [0.15, 0.2) is 0 Å². The minimum atomic E-state index is -1.07. The van der Waals surface area contributed by atoms with Crippen LogP contribution in [-0.4, -0.2) is 87.8 Å². The van der Waals surface area contributed by atoms with Crippen LogP contribution in [0.2, 0.25) is 15.1 Å². The van der Waals surface area contributed by atoms with E-state index in [2.05, 4.69) is 84.9 Å². The van der Waals surface area contributed by atoms with Gasteiger partial charge in [0.25, 0.3) is 28.5 Å². The number of nitrogens with zero attached hydrogens (tertiary/aromatic N) is 6. The molecule has 0 atom stereocenters. The monoisotopic (exact) mass is 1760 g/mol. The van der Waals surface area contributed by atoms with Gasteiger partial charge >= 0.3 is 19.2 Å². The third-order valence-corrected chi connectivity index (χ3v) is 19.8. The predicted molar refractivity (Wildman–Crippen MR) is 447 cm³/mol. The summed E-state index contributed by atoms with van der Waals surface area (Å²) in [5.74, 6) is 0.0835. The van der Waals surface area contributed by atoms with Crippen molar-refractivity contribution in [3.05, 3.63) is 291 Å². The Morgan fingerprint density at radius 3 is 1.34 bits per heavy atom. The molecule has 0 radical (unpaired) electrons. The first-order valence-corrected chi connectivity index (χ1v) is 38.0. The molecule has 0 unspecified atom stereocenters. The number of hydrogen-bond acceptors (Lipinski definition) is 19. The number of nitrogens with two attached hydrogens (primary N) is 1. The molecule has 9 N–H and O–H groups in total. The van der Waals surface area contributed by atoms with Crippen molar-refractivity contribution in [3.8, 4) is 63.8 Å². The Balaban J connectivity index is 0.000000188. The van der Waals surface area contributed by atoms with Crippen LogP contribution in [0.15, 0.2) is 176 Å². The lowest BCUT2D eigenvalue weighted by atomic mass is 9.82. The molecule has 0 saturated carbocycles. The topological polar surface area (TPSA) is 410 Å². The summed E-state index contributed by atoms with van der Waals surface area (Å²) in [5.41, 5.74) is 13.9. The van der Waals surface area contributed by atoms with Crippen molar-refractivity contribution in [2.75, 3.05) is 0 Å². The number of aromatic nitrogens is 7. The molecule has 116 heavy (non-hydrogen) atoms. The molecule has 2 amide bonds. The van der Waals surface area contributed by atoms with Gasteiger partial charge in [-0.1, -0.05) is 59.1 Å². The minimum absolute atomic E-state index is 0.0648. The molecule has 0 aliphatic carbocycles. The van der Waals surface area contributed by atoms with Gasteiger partial charge in [-0.05, 0) is 242 Å². The number of carboxylic acids is 1. The summed E-state index contributed by atoms with van der Waals surface area (Å²) in [6.45, 7) is 24.8. The van der Waals surface area contributed by atoms with Crippen molar-refractivity contribution in [2.24, 2.45) is 5.73 Å². The predicted octanol–water partition coefficient (Wildman–Crippen LogP) is 16.5. The van der Waals surface area contributed by atoms with Gasteiger partial charge in [-0.3, -0.25) is 29.1 Å². The second-order valence-corrected chi connectivity index (χ2v) is 30.9. The van der Waals surface area contributed by atoms with Gasteiger partial charge < -0.3 is 64.7 Å². The van der Waals surface area contributed by atoms with Gasteiger partial charge in [0, 0.05) is 109 Å². The van der Waals surface area contributed by atoms with E-state index in [0.717, 1.165) is 44.0 Å². The number of rotatable bonds is 16. The first kappa shape index (κ1) is 89.7. The largest absolute Gasteiger partial charge is 0.498 e. The Labute approximate surface area is 699 Å². The number of nitriles is 3. The Bertz CT molecular complexity index is 5830. The summed E-state index contributed by atoms with van der Waals surface area (Å²) in [7, 11) is -0.536. The first-order valence-electron chi connectivity index (χ1n) is 35.3. The number of carboxylic acid groups (broad SMARTS) is 1. The lowest BCUT2D eigenvalue weighted by molar-refractivity contribution is 0.00578.